The number of aromatic amines is 1. The summed E-state index contributed by atoms with van der Waals surface area (Å²) < 4.78 is 0. The molecule has 0 fully saturated rings. The number of hydrogen-bond acceptors (Lipinski definition) is 1. The molecule has 0 radical (unpaired) electrons. The number of fused-ring (bicyclic) bond motifs is 1. The van der Waals surface area contributed by atoms with Crippen molar-refractivity contribution in [1.29, 1.82) is 0 Å². The van der Waals surface area contributed by atoms with Gasteiger partial charge in [-0.3, -0.25) is 4.79 Å². The second kappa shape index (κ2) is 4.24. The summed E-state index contributed by atoms with van der Waals surface area (Å²) >= 11 is 0. The van der Waals surface area contributed by atoms with Gasteiger partial charge in [-0.1, -0.05) is 19.1 Å². The molecule has 1 heterocycles. The topological polar surface area (TPSA) is 53.1 Å². The van der Waals surface area contributed by atoms with E-state index < -0.39 is 5.97 Å². The first-order valence-corrected chi connectivity index (χ1v) is 5.79. The van der Waals surface area contributed by atoms with E-state index in [2.05, 4.69) is 30.1 Å². The van der Waals surface area contributed by atoms with Gasteiger partial charge < -0.3 is 10.1 Å². The third-order valence-corrected chi connectivity index (χ3v) is 3.23. The molecule has 90 valence electrons. The van der Waals surface area contributed by atoms with Crippen LogP contribution in [0.1, 0.15) is 36.1 Å². The minimum atomic E-state index is -0.758. The van der Waals surface area contributed by atoms with Crippen molar-refractivity contribution < 1.29 is 9.90 Å². The summed E-state index contributed by atoms with van der Waals surface area (Å²) in [7, 11) is 0. The Kier molecular flexibility index (Phi) is 2.92. The Labute approximate surface area is 100 Å². The quantitative estimate of drug-likeness (QED) is 0.851. The predicted molar refractivity (Wildman–Crippen MR) is 68.4 cm³/mol. The summed E-state index contributed by atoms with van der Waals surface area (Å²) in [4.78, 5) is 14.1. The van der Waals surface area contributed by atoms with Gasteiger partial charge in [-0.15, -0.1) is 0 Å². The van der Waals surface area contributed by atoms with Crippen molar-refractivity contribution in [2.24, 2.45) is 0 Å². The molecule has 0 amide bonds. The smallest absolute Gasteiger partial charge is 0.304 e. The van der Waals surface area contributed by atoms with Gasteiger partial charge in [0.15, 0.2) is 0 Å². The molecule has 0 bridgehead atoms. The average Bonchev–Trinajstić information content (AvgIpc) is 2.54. The van der Waals surface area contributed by atoms with Crippen LogP contribution in [-0.4, -0.2) is 16.1 Å². The van der Waals surface area contributed by atoms with E-state index in [1.165, 1.54) is 10.9 Å². The Morgan fingerprint density at radius 3 is 2.76 bits per heavy atom. The van der Waals surface area contributed by atoms with Crippen LogP contribution in [0.25, 0.3) is 10.9 Å². The van der Waals surface area contributed by atoms with Crippen molar-refractivity contribution in [3.05, 3.63) is 35.0 Å². The Balaban J connectivity index is 2.48. The number of carbonyl (C=O) groups is 1. The van der Waals surface area contributed by atoms with Gasteiger partial charge >= 0.3 is 5.97 Å². The van der Waals surface area contributed by atoms with Crippen LogP contribution in [0.15, 0.2) is 18.2 Å². The molecule has 3 heteroatoms. The molecule has 2 N–H and O–H groups in total. The van der Waals surface area contributed by atoms with E-state index in [4.69, 9.17) is 5.11 Å². The van der Waals surface area contributed by atoms with Gasteiger partial charge in [0.1, 0.15) is 0 Å². The number of hydrogen-bond donors (Lipinski definition) is 2. The molecule has 0 spiro atoms. The van der Waals surface area contributed by atoms with Crippen molar-refractivity contribution in [3.63, 3.8) is 0 Å². The SMILES string of the molecule is Cc1ccc2c(C)c(C(C)CC(=O)O)[nH]c2c1. The Hall–Kier alpha value is -1.77. The van der Waals surface area contributed by atoms with Crippen LogP contribution in [0, 0.1) is 13.8 Å². The lowest BCUT2D eigenvalue weighted by Gasteiger charge is -2.07. The highest BCUT2D eigenvalue weighted by Gasteiger charge is 2.16. The zero-order chi connectivity index (χ0) is 12.6. The third kappa shape index (κ3) is 2.18. The number of carboxylic acids is 1. The second-order valence-electron chi connectivity index (χ2n) is 4.71. The summed E-state index contributed by atoms with van der Waals surface area (Å²) in [6.45, 7) is 6.04. The second-order valence-corrected chi connectivity index (χ2v) is 4.71. The number of H-pyrrole nitrogens is 1. The number of aliphatic carboxylic acids is 1. The zero-order valence-corrected chi connectivity index (χ0v) is 10.4. The fraction of sp³-hybridized carbons (Fsp3) is 0.357. The monoisotopic (exact) mass is 231 g/mol. The molecular formula is C14H17NO2. The van der Waals surface area contributed by atoms with E-state index in [1.807, 2.05) is 13.8 Å². The van der Waals surface area contributed by atoms with E-state index in [9.17, 15) is 4.79 Å². The fourth-order valence-electron chi connectivity index (χ4n) is 2.33. The number of rotatable bonds is 3. The molecule has 3 nitrogen and oxygen atoms in total. The van der Waals surface area contributed by atoms with Crippen LogP contribution in [0.4, 0.5) is 0 Å². The number of benzene rings is 1. The van der Waals surface area contributed by atoms with Crippen molar-refractivity contribution in [1.82, 2.24) is 4.98 Å². The summed E-state index contributed by atoms with van der Waals surface area (Å²) in [5, 5.41) is 10.0. The number of carboxylic acid groups (broad SMARTS) is 1. The molecule has 2 rings (SSSR count). The van der Waals surface area contributed by atoms with Crippen LogP contribution in [0.3, 0.4) is 0 Å². The van der Waals surface area contributed by atoms with Gasteiger partial charge in [-0.05, 0) is 31.0 Å². The van der Waals surface area contributed by atoms with E-state index in [0.717, 1.165) is 16.8 Å². The van der Waals surface area contributed by atoms with Crippen molar-refractivity contribution in [3.8, 4) is 0 Å². The average molecular weight is 231 g/mol. The van der Waals surface area contributed by atoms with Crippen molar-refractivity contribution in [2.45, 2.75) is 33.1 Å². The first-order valence-electron chi connectivity index (χ1n) is 5.79. The Bertz CT molecular complexity index is 569. The summed E-state index contributed by atoms with van der Waals surface area (Å²) in [6.07, 6.45) is 0.159. The van der Waals surface area contributed by atoms with Gasteiger partial charge in [0.05, 0.1) is 6.42 Å². The summed E-state index contributed by atoms with van der Waals surface area (Å²) in [6, 6.07) is 6.27. The van der Waals surface area contributed by atoms with Gasteiger partial charge in [-0.25, -0.2) is 0 Å². The summed E-state index contributed by atoms with van der Waals surface area (Å²) in [5.41, 5.74) is 4.49. The normalized spacial score (nSPS) is 12.9. The van der Waals surface area contributed by atoms with Crippen molar-refractivity contribution >= 4 is 16.9 Å². The van der Waals surface area contributed by atoms with E-state index >= 15 is 0 Å². The molecule has 17 heavy (non-hydrogen) atoms. The number of nitrogens with one attached hydrogen (secondary N) is 1. The Morgan fingerprint density at radius 2 is 2.12 bits per heavy atom. The van der Waals surface area contributed by atoms with Gasteiger partial charge in [-0.2, -0.15) is 0 Å². The first kappa shape index (κ1) is 11.7. The molecule has 1 atom stereocenters. The summed E-state index contributed by atoms with van der Waals surface area (Å²) in [5.74, 6) is -0.744. The minimum Gasteiger partial charge on any atom is -0.481 e. The lowest BCUT2D eigenvalue weighted by atomic mass is 10.00. The molecule has 1 aromatic heterocycles. The highest BCUT2D eigenvalue weighted by Crippen LogP contribution is 2.29. The molecule has 0 aliphatic carbocycles. The molecule has 0 saturated heterocycles. The van der Waals surface area contributed by atoms with Crippen LogP contribution in [-0.2, 0) is 4.79 Å². The van der Waals surface area contributed by atoms with E-state index in [1.54, 1.807) is 0 Å². The molecule has 2 aromatic rings. The molecule has 1 unspecified atom stereocenters. The predicted octanol–water partition coefficient (Wildman–Crippen LogP) is 3.36. The van der Waals surface area contributed by atoms with Gasteiger partial charge in [0, 0.05) is 22.5 Å². The Morgan fingerprint density at radius 1 is 1.41 bits per heavy atom. The van der Waals surface area contributed by atoms with E-state index in [0.29, 0.717) is 0 Å². The molecule has 0 aliphatic rings. The van der Waals surface area contributed by atoms with Crippen LogP contribution < -0.4 is 0 Å². The molecule has 0 saturated carbocycles. The number of aromatic nitrogens is 1. The van der Waals surface area contributed by atoms with Crippen LogP contribution in [0.2, 0.25) is 0 Å². The minimum absolute atomic E-state index is 0.0141. The first-order chi connectivity index (χ1) is 7.99. The standard InChI is InChI=1S/C14H17NO2/c1-8-4-5-11-10(3)14(15-12(11)6-8)9(2)7-13(16)17/h4-6,9,15H,7H2,1-3H3,(H,16,17). The lowest BCUT2D eigenvalue weighted by molar-refractivity contribution is -0.137. The lowest BCUT2D eigenvalue weighted by Crippen LogP contribution is -2.04. The zero-order valence-electron chi connectivity index (χ0n) is 10.4. The van der Waals surface area contributed by atoms with Crippen LogP contribution in [0.5, 0.6) is 0 Å². The largest absolute Gasteiger partial charge is 0.481 e. The molecule has 0 aliphatic heterocycles. The number of aryl methyl sites for hydroxylation is 2. The maximum atomic E-state index is 10.7. The van der Waals surface area contributed by atoms with E-state index in [-0.39, 0.29) is 12.3 Å². The molecular weight excluding hydrogens is 214 g/mol. The highest BCUT2D eigenvalue weighted by molar-refractivity contribution is 5.85. The maximum Gasteiger partial charge on any atom is 0.304 e. The third-order valence-electron chi connectivity index (χ3n) is 3.23. The molecule has 1 aromatic carbocycles. The van der Waals surface area contributed by atoms with Gasteiger partial charge in [0.2, 0.25) is 0 Å². The maximum absolute atomic E-state index is 10.7. The highest BCUT2D eigenvalue weighted by atomic mass is 16.4. The van der Waals surface area contributed by atoms with Gasteiger partial charge in [0.25, 0.3) is 0 Å². The fourth-order valence-corrected chi connectivity index (χ4v) is 2.33. The van der Waals surface area contributed by atoms with Crippen molar-refractivity contribution in [2.75, 3.05) is 0 Å². The van der Waals surface area contributed by atoms with Crippen LogP contribution >= 0.6 is 0 Å².